The number of halogens is 1. The average molecular weight is 353 g/mol. The lowest BCUT2D eigenvalue weighted by molar-refractivity contribution is -0.120. The van der Waals surface area contributed by atoms with Crippen molar-refractivity contribution in [2.45, 2.75) is 13.3 Å². The molecule has 0 atom stereocenters. The average Bonchev–Trinajstić information content (AvgIpc) is 3.01. The van der Waals surface area contributed by atoms with Crippen LogP contribution >= 0.6 is 22.9 Å². The van der Waals surface area contributed by atoms with Gasteiger partial charge < -0.3 is 16.0 Å². The van der Waals surface area contributed by atoms with Crippen LogP contribution in [0.25, 0.3) is 0 Å². The molecule has 0 aliphatic carbocycles. The van der Waals surface area contributed by atoms with Crippen LogP contribution < -0.4 is 16.0 Å². The highest BCUT2D eigenvalue weighted by Crippen LogP contribution is 2.26. The minimum atomic E-state index is -0.389. The van der Waals surface area contributed by atoms with Gasteiger partial charge in [-0.05, 0) is 18.6 Å². The zero-order valence-corrected chi connectivity index (χ0v) is 14.1. The van der Waals surface area contributed by atoms with Crippen molar-refractivity contribution in [2.24, 2.45) is 0 Å². The first kappa shape index (κ1) is 17.2. The van der Waals surface area contributed by atoms with E-state index in [2.05, 4.69) is 20.9 Å². The zero-order valence-electron chi connectivity index (χ0n) is 12.6. The molecule has 0 saturated carbocycles. The molecule has 6 nitrogen and oxygen atoms in total. The fourth-order valence-electron chi connectivity index (χ4n) is 1.69. The Morgan fingerprint density at radius 2 is 2.04 bits per heavy atom. The van der Waals surface area contributed by atoms with Crippen LogP contribution in [0.1, 0.15) is 23.8 Å². The number of thiazole rings is 1. The third-order valence-electron chi connectivity index (χ3n) is 2.83. The lowest BCUT2D eigenvalue weighted by atomic mass is 10.3. The lowest BCUT2D eigenvalue weighted by Crippen LogP contribution is -2.37. The van der Waals surface area contributed by atoms with Crippen molar-refractivity contribution in [1.29, 1.82) is 0 Å². The maximum atomic E-state index is 12.0. The Kier molecular flexibility index (Phi) is 6.37. The number of anilines is 2. The molecule has 1 aromatic carbocycles. The number of rotatable bonds is 7. The van der Waals surface area contributed by atoms with E-state index in [1.807, 2.05) is 25.1 Å². The monoisotopic (exact) mass is 352 g/mol. The van der Waals surface area contributed by atoms with E-state index in [0.717, 1.165) is 12.1 Å². The first-order valence-electron chi connectivity index (χ1n) is 7.12. The van der Waals surface area contributed by atoms with Crippen molar-refractivity contribution in [3.8, 4) is 0 Å². The number of carbonyl (C=O) groups excluding carboxylic acids is 2. The maximum absolute atomic E-state index is 12.0. The molecule has 0 bridgehead atoms. The first-order valence-corrected chi connectivity index (χ1v) is 8.38. The second-order valence-corrected chi connectivity index (χ2v) is 5.94. The van der Waals surface area contributed by atoms with E-state index in [1.165, 1.54) is 11.3 Å². The summed E-state index contributed by atoms with van der Waals surface area (Å²) in [6.45, 7) is 2.49. The summed E-state index contributed by atoms with van der Waals surface area (Å²) in [4.78, 5) is 27.6. The number of hydrogen-bond donors (Lipinski definition) is 3. The number of hydrogen-bond acceptors (Lipinski definition) is 5. The number of amides is 2. The summed E-state index contributed by atoms with van der Waals surface area (Å²) in [6, 6.07) is 7.27. The van der Waals surface area contributed by atoms with E-state index in [0.29, 0.717) is 16.7 Å². The van der Waals surface area contributed by atoms with Gasteiger partial charge in [-0.1, -0.05) is 30.7 Å². The molecule has 122 valence electrons. The van der Waals surface area contributed by atoms with Crippen LogP contribution in [0.3, 0.4) is 0 Å². The quantitative estimate of drug-likeness (QED) is 0.715. The van der Waals surface area contributed by atoms with E-state index in [4.69, 9.17) is 11.6 Å². The fraction of sp³-hybridized carbons (Fsp3) is 0.267. The van der Waals surface area contributed by atoms with Gasteiger partial charge in [-0.3, -0.25) is 9.59 Å². The predicted octanol–water partition coefficient (Wildman–Crippen LogP) is 2.80. The molecule has 8 heteroatoms. The van der Waals surface area contributed by atoms with Gasteiger partial charge in [0.1, 0.15) is 5.69 Å². The van der Waals surface area contributed by atoms with Crippen molar-refractivity contribution in [3.63, 3.8) is 0 Å². The number of para-hydroxylation sites is 1. The molecule has 2 amide bonds. The second-order valence-electron chi connectivity index (χ2n) is 4.68. The van der Waals surface area contributed by atoms with E-state index in [1.54, 1.807) is 11.4 Å². The van der Waals surface area contributed by atoms with Crippen LogP contribution in [0, 0.1) is 0 Å². The highest BCUT2D eigenvalue weighted by atomic mass is 35.5. The van der Waals surface area contributed by atoms with Gasteiger partial charge >= 0.3 is 0 Å². The van der Waals surface area contributed by atoms with Gasteiger partial charge in [-0.2, -0.15) is 0 Å². The molecule has 0 unspecified atom stereocenters. The lowest BCUT2D eigenvalue weighted by Gasteiger charge is -2.05. The minimum Gasteiger partial charge on any atom is -0.355 e. The molecule has 1 heterocycles. The Bertz CT molecular complexity index is 690. The summed E-state index contributed by atoms with van der Waals surface area (Å²) in [6.07, 6.45) is 0.850. The molecule has 0 fully saturated rings. The van der Waals surface area contributed by atoms with Crippen LogP contribution in [0.4, 0.5) is 10.8 Å². The third kappa shape index (κ3) is 5.22. The van der Waals surface area contributed by atoms with Crippen LogP contribution in [0.15, 0.2) is 29.6 Å². The summed E-state index contributed by atoms with van der Waals surface area (Å²) in [5.74, 6) is -0.607. The first-order chi connectivity index (χ1) is 11.1. The number of nitrogens with zero attached hydrogens (tertiary/aromatic N) is 1. The Morgan fingerprint density at radius 3 is 2.78 bits per heavy atom. The molecule has 2 aromatic rings. The molecular formula is C15H17ClN4O2S. The van der Waals surface area contributed by atoms with Crippen LogP contribution in [0.5, 0.6) is 0 Å². The van der Waals surface area contributed by atoms with Gasteiger partial charge in [0.15, 0.2) is 5.13 Å². The standard InChI is InChI=1S/C15H17ClN4O2S/c1-2-7-17-13(21)8-18-14(22)12-9-23-15(20-12)19-11-6-4-3-5-10(11)16/h3-6,9H,2,7-8H2,1H3,(H,17,21)(H,18,22)(H,19,20). The Balaban J connectivity index is 1.90. The topological polar surface area (TPSA) is 83.1 Å². The summed E-state index contributed by atoms with van der Waals surface area (Å²) in [7, 11) is 0. The molecule has 0 saturated heterocycles. The maximum Gasteiger partial charge on any atom is 0.271 e. The van der Waals surface area contributed by atoms with E-state index in [-0.39, 0.29) is 24.1 Å². The summed E-state index contributed by atoms with van der Waals surface area (Å²) in [5.41, 5.74) is 0.974. The molecule has 1 aromatic heterocycles. The highest BCUT2D eigenvalue weighted by molar-refractivity contribution is 7.14. The fourth-order valence-corrected chi connectivity index (χ4v) is 2.58. The van der Waals surface area contributed by atoms with Crippen molar-refractivity contribution >= 4 is 45.6 Å². The smallest absolute Gasteiger partial charge is 0.271 e. The molecule has 0 spiro atoms. The molecule has 0 aliphatic rings. The SMILES string of the molecule is CCCNC(=O)CNC(=O)c1csc(Nc2ccccc2Cl)n1. The number of nitrogens with one attached hydrogen (secondary N) is 3. The number of benzene rings is 1. The summed E-state index contributed by atoms with van der Waals surface area (Å²) >= 11 is 7.35. The molecule has 23 heavy (non-hydrogen) atoms. The van der Waals surface area contributed by atoms with Gasteiger partial charge in [0, 0.05) is 11.9 Å². The van der Waals surface area contributed by atoms with Gasteiger partial charge in [0.05, 0.1) is 17.3 Å². The van der Waals surface area contributed by atoms with Crippen molar-refractivity contribution in [1.82, 2.24) is 15.6 Å². The van der Waals surface area contributed by atoms with Crippen LogP contribution in [-0.2, 0) is 4.79 Å². The molecule has 0 aliphatic heterocycles. The number of aromatic nitrogens is 1. The van der Waals surface area contributed by atoms with Gasteiger partial charge in [0.25, 0.3) is 5.91 Å². The van der Waals surface area contributed by atoms with Gasteiger partial charge in [-0.25, -0.2) is 4.98 Å². The van der Waals surface area contributed by atoms with Crippen molar-refractivity contribution in [2.75, 3.05) is 18.4 Å². The Labute approximate surface area is 143 Å². The minimum absolute atomic E-state index is 0.0658. The summed E-state index contributed by atoms with van der Waals surface area (Å²) in [5, 5.41) is 11.0. The van der Waals surface area contributed by atoms with Gasteiger partial charge in [0.2, 0.25) is 5.91 Å². The second kappa shape index (κ2) is 8.50. The summed E-state index contributed by atoms with van der Waals surface area (Å²) < 4.78 is 0. The van der Waals surface area contributed by atoms with E-state index < -0.39 is 0 Å². The van der Waals surface area contributed by atoms with Gasteiger partial charge in [-0.15, -0.1) is 11.3 Å². The normalized spacial score (nSPS) is 10.2. The number of carbonyl (C=O) groups is 2. The van der Waals surface area contributed by atoms with Crippen molar-refractivity contribution in [3.05, 3.63) is 40.4 Å². The van der Waals surface area contributed by atoms with E-state index in [9.17, 15) is 9.59 Å². The third-order valence-corrected chi connectivity index (χ3v) is 3.92. The predicted molar refractivity (Wildman–Crippen MR) is 92.5 cm³/mol. The molecule has 2 rings (SSSR count). The van der Waals surface area contributed by atoms with Crippen LogP contribution in [0.2, 0.25) is 5.02 Å². The molecular weight excluding hydrogens is 336 g/mol. The largest absolute Gasteiger partial charge is 0.355 e. The molecule has 0 radical (unpaired) electrons. The van der Waals surface area contributed by atoms with E-state index >= 15 is 0 Å². The zero-order chi connectivity index (χ0) is 16.7. The highest BCUT2D eigenvalue weighted by Gasteiger charge is 2.12. The Morgan fingerprint density at radius 1 is 1.26 bits per heavy atom. The van der Waals surface area contributed by atoms with Crippen molar-refractivity contribution < 1.29 is 9.59 Å². The molecule has 3 N–H and O–H groups in total. The Hall–Kier alpha value is -2.12. The van der Waals surface area contributed by atoms with Crippen LogP contribution in [-0.4, -0.2) is 29.9 Å².